The smallest absolute Gasteiger partial charge is 0.285 e. The molecule has 1 aromatic carbocycles. The van der Waals surface area contributed by atoms with Crippen LogP contribution in [0.3, 0.4) is 0 Å². The van der Waals surface area contributed by atoms with Crippen molar-refractivity contribution in [2.75, 3.05) is 0 Å². The van der Waals surface area contributed by atoms with E-state index in [1.165, 1.54) is 0 Å². The lowest BCUT2D eigenvalue weighted by Gasteiger charge is -2.11. The molecule has 0 N–H and O–H groups in total. The number of carbonyl (C=O) groups excluding carboxylic acids is 2. The Morgan fingerprint density at radius 2 is 1.85 bits per heavy atom. The molecule has 0 unspecified atom stereocenters. The Labute approximate surface area is 118 Å². The first-order valence-corrected chi connectivity index (χ1v) is 6.18. The Hall–Kier alpha value is -2.18. The molecule has 1 aliphatic rings. The van der Waals surface area contributed by atoms with Crippen molar-refractivity contribution in [1.82, 2.24) is 10.2 Å². The number of hydrogen-bond donors (Lipinski definition) is 0. The highest BCUT2D eigenvalue weighted by molar-refractivity contribution is 6.31. The highest BCUT2D eigenvalue weighted by atomic mass is 35.5. The summed E-state index contributed by atoms with van der Waals surface area (Å²) in [5.41, 5.74) is 1.15. The van der Waals surface area contributed by atoms with Crippen LogP contribution in [0.4, 0.5) is 0 Å². The maximum atomic E-state index is 12.0. The second-order valence-corrected chi connectivity index (χ2v) is 4.61. The second kappa shape index (κ2) is 4.73. The van der Waals surface area contributed by atoms with E-state index in [4.69, 9.17) is 21.0 Å². The zero-order valence-electron chi connectivity index (χ0n) is 10.4. The summed E-state index contributed by atoms with van der Waals surface area (Å²) in [6.45, 7) is 1.53. The van der Waals surface area contributed by atoms with Crippen molar-refractivity contribution < 1.29 is 18.9 Å². The number of aryl methyl sites for hydroxylation is 1. The van der Waals surface area contributed by atoms with Crippen molar-refractivity contribution >= 4 is 23.4 Å². The number of hydrogen-bond acceptors (Lipinski definition) is 5. The number of benzene rings is 1. The molecule has 0 atom stereocenters. The third-order valence-electron chi connectivity index (χ3n) is 2.94. The molecule has 3 rings (SSSR count). The Bertz CT molecular complexity index is 675. The van der Waals surface area contributed by atoms with Crippen LogP contribution < -0.4 is 0 Å². The molecule has 0 aliphatic carbocycles. The van der Waals surface area contributed by atoms with Crippen LogP contribution in [0, 0.1) is 6.92 Å². The van der Waals surface area contributed by atoms with Crippen LogP contribution in [-0.4, -0.2) is 22.0 Å². The van der Waals surface area contributed by atoms with E-state index in [0.717, 1.165) is 0 Å². The molecule has 0 saturated carbocycles. The highest BCUT2D eigenvalue weighted by Gasteiger charge is 2.36. The van der Waals surface area contributed by atoms with Gasteiger partial charge in [-0.1, -0.05) is 28.9 Å². The second-order valence-electron chi connectivity index (χ2n) is 4.23. The van der Waals surface area contributed by atoms with E-state index in [0.29, 0.717) is 26.9 Å². The molecule has 2 heterocycles. The molecule has 1 aromatic heterocycles. The minimum atomic E-state index is -0.502. The first-order valence-electron chi connectivity index (χ1n) is 5.81. The van der Waals surface area contributed by atoms with Crippen LogP contribution >= 0.6 is 11.6 Å². The van der Waals surface area contributed by atoms with Crippen LogP contribution in [0.25, 0.3) is 0 Å². The van der Waals surface area contributed by atoms with Gasteiger partial charge in [0.05, 0.1) is 16.8 Å². The topological polar surface area (TPSA) is 72.6 Å². The van der Waals surface area contributed by atoms with Gasteiger partial charge in [0, 0.05) is 0 Å². The molecule has 102 valence electrons. The minimum Gasteiger partial charge on any atom is -0.357 e. The number of halogens is 1. The van der Waals surface area contributed by atoms with Crippen LogP contribution in [0.2, 0.25) is 5.02 Å². The van der Waals surface area contributed by atoms with Gasteiger partial charge in [-0.25, -0.2) is 0 Å². The zero-order chi connectivity index (χ0) is 14.3. The van der Waals surface area contributed by atoms with Gasteiger partial charge in [0.1, 0.15) is 11.6 Å². The normalized spacial score (nSPS) is 14.0. The van der Waals surface area contributed by atoms with Crippen molar-refractivity contribution in [2.24, 2.45) is 0 Å². The van der Waals surface area contributed by atoms with Gasteiger partial charge in [-0.15, -0.1) is 5.06 Å². The predicted octanol–water partition coefficient (Wildman–Crippen LogP) is 2.36. The summed E-state index contributed by atoms with van der Waals surface area (Å²) in [4.78, 5) is 29.2. The lowest BCUT2D eigenvalue weighted by molar-refractivity contribution is -0.106. The summed E-state index contributed by atoms with van der Waals surface area (Å²) >= 11 is 5.93. The number of aromatic nitrogens is 1. The highest BCUT2D eigenvalue weighted by Crippen LogP contribution is 2.25. The average molecular weight is 293 g/mol. The Morgan fingerprint density at radius 1 is 1.25 bits per heavy atom. The third kappa shape index (κ3) is 1.90. The first-order chi connectivity index (χ1) is 9.59. The van der Waals surface area contributed by atoms with Crippen LogP contribution in [0.15, 0.2) is 28.8 Å². The van der Waals surface area contributed by atoms with E-state index in [1.807, 2.05) is 0 Å². The fourth-order valence-electron chi connectivity index (χ4n) is 1.90. The van der Waals surface area contributed by atoms with E-state index < -0.39 is 11.8 Å². The molecule has 0 radical (unpaired) electrons. The van der Waals surface area contributed by atoms with Crippen molar-refractivity contribution in [2.45, 2.75) is 13.5 Å². The molecule has 1 aliphatic heterocycles. The monoisotopic (exact) mass is 292 g/mol. The largest absolute Gasteiger partial charge is 0.357 e. The van der Waals surface area contributed by atoms with E-state index in [-0.39, 0.29) is 12.4 Å². The number of amides is 2. The van der Waals surface area contributed by atoms with E-state index >= 15 is 0 Å². The number of nitrogens with zero attached hydrogens (tertiary/aromatic N) is 2. The van der Waals surface area contributed by atoms with Gasteiger partial charge < -0.3 is 4.52 Å². The molecule has 2 aromatic rings. The van der Waals surface area contributed by atoms with E-state index in [2.05, 4.69) is 5.16 Å². The van der Waals surface area contributed by atoms with Gasteiger partial charge in [-0.3, -0.25) is 14.4 Å². The quantitative estimate of drug-likeness (QED) is 0.812. The Morgan fingerprint density at radius 3 is 2.35 bits per heavy atom. The number of carbonyl (C=O) groups is 2. The lowest BCUT2D eigenvalue weighted by atomic mass is 10.1. The van der Waals surface area contributed by atoms with Crippen LogP contribution in [0.1, 0.15) is 32.2 Å². The van der Waals surface area contributed by atoms with Gasteiger partial charge in [-0.2, -0.15) is 0 Å². The number of fused-ring (bicyclic) bond motifs is 1. The molecule has 0 spiro atoms. The molecular formula is C13H9ClN2O4. The summed E-state index contributed by atoms with van der Waals surface area (Å²) in [6.07, 6.45) is 0. The third-order valence-corrected chi connectivity index (χ3v) is 3.42. The van der Waals surface area contributed by atoms with Gasteiger partial charge in [0.2, 0.25) is 0 Å². The molecule has 2 amide bonds. The molecule has 6 nitrogen and oxygen atoms in total. The van der Waals surface area contributed by atoms with Gasteiger partial charge in [-0.05, 0) is 19.1 Å². The maximum Gasteiger partial charge on any atom is 0.285 e. The average Bonchev–Trinajstić information content (AvgIpc) is 2.90. The van der Waals surface area contributed by atoms with Crippen LogP contribution in [0.5, 0.6) is 0 Å². The summed E-state index contributed by atoms with van der Waals surface area (Å²) < 4.78 is 4.95. The Balaban J connectivity index is 1.79. The van der Waals surface area contributed by atoms with Gasteiger partial charge >= 0.3 is 0 Å². The molecule has 7 heteroatoms. The molecule has 0 bridgehead atoms. The standard InChI is InChI=1S/C13H9ClN2O4/c1-7-11(14)10(20-15-7)6-19-16-12(17)8-4-2-3-5-9(8)13(16)18/h2-5H,6H2,1H3. The van der Waals surface area contributed by atoms with Gasteiger partial charge in [0.15, 0.2) is 5.76 Å². The van der Waals surface area contributed by atoms with Crippen molar-refractivity contribution in [1.29, 1.82) is 0 Å². The predicted molar refractivity (Wildman–Crippen MR) is 68.0 cm³/mol. The van der Waals surface area contributed by atoms with E-state index in [9.17, 15) is 9.59 Å². The van der Waals surface area contributed by atoms with Crippen molar-refractivity contribution in [3.63, 3.8) is 0 Å². The first kappa shape index (κ1) is 12.8. The van der Waals surface area contributed by atoms with E-state index in [1.54, 1.807) is 31.2 Å². The lowest BCUT2D eigenvalue weighted by Crippen LogP contribution is -2.29. The molecule has 20 heavy (non-hydrogen) atoms. The van der Waals surface area contributed by atoms with Gasteiger partial charge in [0.25, 0.3) is 11.8 Å². The maximum absolute atomic E-state index is 12.0. The number of imide groups is 1. The SMILES string of the molecule is Cc1noc(CON2C(=O)c3ccccc3C2=O)c1Cl. The van der Waals surface area contributed by atoms with Crippen molar-refractivity contribution in [3.8, 4) is 0 Å². The zero-order valence-corrected chi connectivity index (χ0v) is 11.2. The Kier molecular flexibility index (Phi) is 3.04. The van der Waals surface area contributed by atoms with Crippen molar-refractivity contribution in [3.05, 3.63) is 51.9 Å². The molecule has 0 fully saturated rings. The summed E-state index contributed by atoms with van der Waals surface area (Å²) in [7, 11) is 0. The number of rotatable bonds is 3. The fraction of sp³-hybridized carbons (Fsp3) is 0.154. The minimum absolute atomic E-state index is 0.148. The molecular weight excluding hydrogens is 284 g/mol. The van der Waals surface area contributed by atoms with Crippen LogP contribution in [-0.2, 0) is 11.4 Å². The summed E-state index contributed by atoms with van der Waals surface area (Å²) in [5, 5.41) is 4.69. The fourth-order valence-corrected chi connectivity index (χ4v) is 2.03. The molecule has 0 saturated heterocycles. The summed E-state index contributed by atoms with van der Waals surface area (Å²) in [6, 6.07) is 6.52. The summed E-state index contributed by atoms with van der Waals surface area (Å²) in [5.74, 6) is -0.739. The number of hydroxylamine groups is 2.